The number of non-ortho nitro benzene ring substituents is 1. The van der Waals surface area contributed by atoms with Crippen LogP contribution in [0.25, 0.3) is 10.2 Å². The van der Waals surface area contributed by atoms with Crippen LogP contribution in [0.2, 0.25) is 5.02 Å². The molecule has 0 atom stereocenters. The lowest BCUT2D eigenvalue weighted by Crippen LogP contribution is -2.48. The number of hydrogen-bond acceptors (Lipinski definition) is 6. The molecule has 2 heterocycles. The molecule has 4 rings (SSSR count). The van der Waals surface area contributed by atoms with Gasteiger partial charge < -0.3 is 9.80 Å². The third-order valence-electron chi connectivity index (χ3n) is 5.16. The smallest absolute Gasteiger partial charge is 0.270 e. The fourth-order valence-corrected chi connectivity index (χ4v) is 4.81. The second-order valence-electron chi connectivity index (χ2n) is 7.07. The van der Waals surface area contributed by atoms with Gasteiger partial charge in [0.1, 0.15) is 0 Å². The average Bonchev–Trinajstić information content (AvgIpc) is 3.17. The predicted octanol–water partition coefficient (Wildman–Crippen LogP) is 4.44. The van der Waals surface area contributed by atoms with Crippen LogP contribution in [-0.4, -0.2) is 46.9 Å². The Hall–Kier alpha value is -2.71. The van der Waals surface area contributed by atoms with E-state index in [-0.39, 0.29) is 22.2 Å². The lowest BCUT2D eigenvalue weighted by atomic mass is 10.1. The molecular weight excluding hydrogens is 412 g/mol. The maximum atomic E-state index is 12.9. The molecule has 0 spiro atoms. The fraction of sp³-hybridized carbons (Fsp3) is 0.300. The molecule has 1 aliphatic heterocycles. The Balaban J connectivity index is 1.51. The van der Waals surface area contributed by atoms with Crippen molar-refractivity contribution in [3.63, 3.8) is 0 Å². The Kier molecular flexibility index (Phi) is 5.14. The number of carbonyl (C=O) groups is 1. The summed E-state index contributed by atoms with van der Waals surface area (Å²) in [5, 5.41) is 12.2. The zero-order valence-corrected chi connectivity index (χ0v) is 17.6. The largest absolute Gasteiger partial charge is 0.345 e. The van der Waals surface area contributed by atoms with Crippen LogP contribution in [-0.2, 0) is 0 Å². The van der Waals surface area contributed by atoms with Crippen LogP contribution in [0.5, 0.6) is 0 Å². The van der Waals surface area contributed by atoms with Crippen LogP contribution >= 0.6 is 22.9 Å². The van der Waals surface area contributed by atoms with Crippen LogP contribution in [0.3, 0.4) is 0 Å². The molecule has 0 unspecified atom stereocenters. The number of halogens is 1. The van der Waals surface area contributed by atoms with E-state index in [9.17, 15) is 14.9 Å². The summed E-state index contributed by atoms with van der Waals surface area (Å²) in [7, 11) is 0. The third-order valence-corrected chi connectivity index (χ3v) is 6.74. The maximum absolute atomic E-state index is 12.9. The molecular formula is C20H19ClN4O3S. The first-order chi connectivity index (χ1) is 13.8. The monoisotopic (exact) mass is 430 g/mol. The summed E-state index contributed by atoms with van der Waals surface area (Å²) in [4.78, 5) is 32.0. The minimum Gasteiger partial charge on any atom is -0.345 e. The van der Waals surface area contributed by atoms with Gasteiger partial charge in [-0.3, -0.25) is 14.9 Å². The molecule has 1 aliphatic rings. The van der Waals surface area contributed by atoms with Crippen LogP contribution < -0.4 is 4.90 Å². The Morgan fingerprint density at radius 3 is 2.48 bits per heavy atom. The zero-order chi connectivity index (χ0) is 20.7. The van der Waals surface area contributed by atoms with Gasteiger partial charge in [0.05, 0.1) is 25.7 Å². The zero-order valence-electron chi connectivity index (χ0n) is 16.0. The van der Waals surface area contributed by atoms with E-state index in [1.807, 2.05) is 0 Å². The van der Waals surface area contributed by atoms with Gasteiger partial charge in [0.15, 0.2) is 5.13 Å². The Labute approximate surface area is 176 Å². The molecule has 3 aromatic rings. The molecule has 0 aliphatic carbocycles. The summed E-state index contributed by atoms with van der Waals surface area (Å²) >= 11 is 7.80. The molecule has 29 heavy (non-hydrogen) atoms. The molecule has 1 amide bonds. The highest BCUT2D eigenvalue weighted by Crippen LogP contribution is 2.33. The van der Waals surface area contributed by atoms with Gasteiger partial charge in [-0.15, -0.1) is 0 Å². The highest BCUT2D eigenvalue weighted by atomic mass is 35.5. The Morgan fingerprint density at radius 1 is 1.14 bits per heavy atom. The van der Waals surface area contributed by atoms with Crippen molar-refractivity contribution in [2.75, 3.05) is 31.1 Å². The minimum absolute atomic E-state index is 0.142. The van der Waals surface area contributed by atoms with E-state index in [0.29, 0.717) is 26.2 Å². The molecule has 1 fully saturated rings. The molecule has 0 saturated carbocycles. The number of rotatable bonds is 3. The van der Waals surface area contributed by atoms with Gasteiger partial charge in [0.25, 0.3) is 11.6 Å². The quantitative estimate of drug-likeness (QED) is 0.453. The number of piperazine rings is 1. The van der Waals surface area contributed by atoms with E-state index in [2.05, 4.69) is 30.9 Å². The summed E-state index contributed by atoms with van der Waals surface area (Å²) in [6, 6.07) is 8.14. The van der Waals surface area contributed by atoms with Crippen molar-refractivity contribution in [1.82, 2.24) is 9.88 Å². The number of carbonyl (C=O) groups excluding carboxylic acids is 1. The van der Waals surface area contributed by atoms with E-state index < -0.39 is 4.92 Å². The second-order valence-corrected chi connectivity index (χ2v) is 8.46. The van der Waals surface area contributed by atoms with Crippen LogP contribution in [0.4, 0.5) is 10.8 Å². The molecule has 9 heteroatoms. The molecule has 1 aromatic heterocycles. The number of nitrogens with zero attached hydrogens (tertiary/aromatic N) is 4. The predicted molar refractivity (Wildman–Crippen MR) is 115 cm³/mol. The van der Waals surface area contributed by atoms with Gasteiger partial charge >= 0.3 is 0 Å². The fourth-order valence-electron chi connectivity index (χ4n) is 3.45. The van der Waals surface area contributed by atoms with Gasteiger partial charge in [-0.2, -0.15) is 0 Å². The minimum atomic E-state index is -0.526. The highest BCUT2D eigenvalue weighted by Gasteiger charge is 2.26. The maximum Gasteiger partial charge on any atom is 0.270 e. The van der Waals surface area contributed by atoms with Crippen LogP contribution in [0, 0.1) is 24.0 Å². The first kappa shape index (κ1) is 19.6. The third kappa shape index (κ3) is 3.65. The summed E-state index contributed by atoms with van der Waals surface area (Å²) in [5.41, 5.74) is 3.43. The normalized spacial score (nSPS) is 14.4. The Bertz CT molecular complexity index is 1080. The molecule has 0 radical (unpaired) electrons. The number of benzene rings is 2. The van der Waals surface area contributed by atoms with Gasteiger partial charge in [-0.1, -0.05) is 35.1 Å². The SMILES string of the molecule is Cc1ccc(C)c2sc(N3CCN(C(=O)c4cc([N+](=O)[O-])ccc4Cl)CC3)nc12. The number of anilines is 1. The van der Waals surface area contributed by atoms with Crippen molar-refractivity contribution in [2.24, 2.45) is 0 Å². The van der Waals surface area contributed by atoms with E-state index >= 15 is 0 Å². The number of aromatic nitrogens is 1. The van der Waals surface area contributed by atoms with Crippen LogP contribution in [0.1, 0.15) is 21.5 Å². The summed E-state index contributed by atoms with van der Waals surface area (Å²) in [5.74, 6) is -0.283. The van der Waals surface area contributed by atoms with Gasteiger partial charge in [0.2, 0.25) is 0 Å². The molecule has 1 saturated heterocycles. The molecule has 150 valence electrons. The van der Waals surface area contributed by atoms with E-state index in [4.69, 9.17) is 16.6 Å². The first-order valence-electron chi connectivity index (χ1n) is 9.20. The average molecular weight is 431 g/mol. The van der Waals surface area contributed by atoms with Crippen molar-refractivity contribution in [2.45, 2.75) is 13.8 Å². The molecule has 2 aromatic carbocycles. The van der Waals surface area contributed by atoms with Crippen molar-refractivity contribution >= 4 is 49.9 Å². The lowest BCUT2D eigenvalue weighted by molar-refractivity contribution is -0.384. The number of thiazole rings is 1. The van der Waals surface area contributed by atoms with E-state index in [0.717, 1.165) is 16.2 Å². The topological polar surface area (TPSA) is 79.6 Å². The summed E-state index contributed by atoms with van der Waals surface area (Å²) in [6.07, 6.45) is 0. The molecule has 0 N–H and O–H groups in total. The van der Waals surface area contributed by atoms with Crippen molar-refractivity contribution < 1.29 is 9.72 Å². The van der Waals surface area contributed by atoms with Crippen molar-refractivity contribution in [3.8, 4) is 0 Å². The molecule has 0 bridgehead atoms. The van der Waals surface area contributed by atoms with Crippen molar-refractivity contribution in [1.29, 1.82) is 0 Å². The number of hydrogen-bond donors (Lipinski definition) is 0. The van der Waals surface area contributed by atoms with Gasteiger partial charge in [-0.25, -0.2) is 4.98 Å². The first-order valence-corrected chi connectivity index (χ1v) is 10.4. The number of amides is 1. The van der Waals surface area contributed by atoms with E-state index in [1.165, 1.54) is 28.5 Å². The van der Waals surface area contributed by atoms with Gasteiger partial charge in [-0.05, 0) is 31.0 Å². The Morgan fingerprint density at radius 2 is 1.83 bits per heavy atom. The summed E-state index contributed by atoms with van der Waals surface area (Å²) < 4.78 is 1.20. The molecule has 7 nitrogen and oxygen atoms in total. The standard InChI is InChI=1S/C20H19ClN4O3S/c1-12-3-4-13(2)18-17(12)22-20(29-18)24-9-7-23(8-10-24)19(26)15-11-14(25(27)28)5-6-16(15)21/h3-6,11H,7-10H2,1-2H3. The second kappa shape index (κ2) is 7.61. The number of fused-ring (bicyclic) bond motifs is 1. The summed E-state index contributed by atoms with van der Waals surface area (Å²) in [6.45, 7) is 6.46. The number of nitro groups is 1. The number of aryl methyl sites for hydroxylation is 2. The highest BCUT2D eigenvalue weighted by molar-refractivity contribution is 7.22. The van der Waals surface area contributed by atoms with Gasteiger partial charge in [0, 0.05) is 38.3 Å². The number of nitro benzene ring substituents is 1. The lowest BCUT2D eigenvalue weighted by Gasteiger charge is -2.34. The van der Waals surface area contributed by atoms with Crippen molar-refractivity contribution in [3.05, 3.63) is 62.2 Å². The van der Waals surface area contributed by atoms with Crippen LogP contribution in [0.15, 0.2) is 30.3 Å². The van der Waals surface area contributed by atoms with E-state index in [1.54, 1.807) is 16.2 Å².